The van der Waals surface area contributed by atoms with E-state index in [0.29, 0.717) is 0 Å². The van der Waals surface area contributed by atoms with Crippen LogP contribution in [0.4, 0.5) is 0 Å². The second kappa shape index (κ2) is 89.5. The molecule has 0 aliphatic heterocycles. The molecule has 0 N–H and O–H groups in total. The molecule has 0 bridgehead atoms. The quantitative estimate of drug-likeness (QED) is 0.0338. The minimum atomic E-state index is 0. The monoisotopic (exact) mass is 1250 g/mol. The van der Waals surface area contributed by atoms with Crippen LogP contribution < -0.4 is 0 Å². The zero-order valence-electron chi connectivity index (χ0n) is 62.1. The molecule has 0 saturated heterocycles. The molecule has 536 valence electrons. The highest BCUT2D eigenvalue weighted by Gasteiger charge is 2.02. The summed E-state index contributed by atoms with van der Waals surface area (Å²) in [5, 5.41) is 3.81. The normalized spacial score (nSPS) is 11.7. The number of nitrogens with zero attached hydrogens (tertiary/aromatic N) is 1. The third kappa shape index (κ3) is 89.6. The molecule has 0 heterocycles. The van der Waals surface area contributed by atoms with Gasteiger partial charge >= 0.3 is 0 Å². The van der Waals surface area contributed by atoms with Crippen LogP contribution >= 0.6 is 0 Å². The molecule has 0 aliphatic rings. The number of oxime groups is 1. The molecule has 0 rings (SSSR count). The van der Waals surface area contributed by atoms with E-state index in [2.05, 4.69) is 12.1 Å². The van der Waals surface area contributed by atoms with Gasteiger partial charge in [-0.05, 0) is 19.8 Å². The van der Waals surface area contributed by atoms with Gasteiger partial charge in [-0.25, -0.2) is 0 Å². The van der Waals surface area contributed by atoms with Crippen molar-refractivity contribution in [3.63, 3.8) is 0 Å². The summed E-state index contributed by atoms with van der Waals surface area (Å²) in [6, 6.07) is 0. The van der Waals surface area contributed by atoms with Crippen molar-refractivity contribution >= 4 is 6.21 Å². The lowest BCUT2D eigenvalue weighted by Crippen LogP contribution is -1.88. The van der Waals surface area contributed by atoms with Gasteiger partial charge in [0.15, 0.2) is 0 Å². The molecule has 0 aromatic heterocycles. The Morgan fingerprint density at radius 3 is 0.337 bits per heavy atom. The lowest BCUT2D eigenvalue weighted by Gasteiger charge is -2.05. The van der Waals surface area contributed by atoms with Crippen LogP contribution in [-0.4, -0.2) is 12.8 Å². The molecule has 0 aromatic rings. The summed E-state index contributed by atoms with van der Waals surface area (Å²) in [6.45, 7) is 5.00. The van der Waals surface area contributed by atoms with Crippen LogP contribution in [0, 0.1) is 0 Å². The zero-order chi connectivity index (χ0) is 62.8. The second-order valence-electron chi connectivity index (χ2n) is 29.8. The van der Waals surface area contributed by atoms with Crippen molar-refractivity contribution in [2.75, 3.05) is 6.61 Å². The minimum absolute atomic E-state index is 0. The third-order valence-corrected chi connectivity index (χ3v) is 20.8. The molecule has 2 nitrogen and oxygen atoms in total. The Balaban J connectivity index is 0. The van der Waals surface area contributed by atoms with Crippen molar-refractivity contribution < 1.29 is 4.84 Å². The molecule has 0 unspecified atom stereocenters. The van der Waals surface area contributed by atoms with Gasteiger partial charge in [0.25, 0.3) is 0 Å². The van der Waals surface area contributed by atoms with E-state index in [1.54, 1.807) is 6.21 Å². The van der Waals surface area contributed by atoms with Crippen LogP contribution in [0.1, 0.15) is 548 Å². The maximum absolute atomic E-state index is 5.15. The predicted octanol–water partition coefficient (Wildman–Crippen LogP) is 33.7. The van der Waals surface area contributed by atoms with E-state index in [4.69, 9.17) is 4.84 Å². The summed E-state index contributed by atoms with van der Waals surface area (Å²) in [4.78, 5) is 5.15. The van der Waals surface area contributed by atoms with E-state index in [9.17, 15) is 0 Å². The van der Waals surface area contributed by atoms with Gasteiger partial charge in [-0.1, -0.05) is 533 Å². The maximum atomic E-state index is 5.15. The van der Waals surface area contributed by atoms with Gasteiger partial charge in [-0.2, -0.15) is 0 Å². The van der Waals surface area contributed by atoms with Gasteiger partial charge in [0.2, 0.25) is 0 Å². The molecular weight excluding hydrogens is 1070 g/mol. The van der Waals surface area contributed by atoms with E-state index in [1.807, 2.05) is 6.92 Å². The summed E-state index contributed by atoms with van der Waals surface area (Å²) >= 11 is 0. The van der Waals surface area contributed by atoms with E-state index in [0.717, 1.165) is 13.0 Å². The molecule has 0 fully saturated rings. The van der Waals surface area contributed by atoms with Crippen molar-refractivity contribution in [2.24, 2.45) is 5.16 Å². The van der Waals surface area contributed by atoms with Crippen LogP contribution in [0.3, 0.4) is 0 Å². The first kappa shape index (κ1) is 90.5. The molecule has 2 heteroatoms. The van der Waals surface area contributed by atoms with Gasteiger partial charge < -0.3 is 4.84 Å². The predicted molar refractivity (Wildman–Crippen MR) is 411 cm³/mol. The summed E-state index contributed by atoms with van der Waals surface area (Å²) in [6.07, 6.45) is 123. The van der Waals surface area contributed by atoms with Crippen LogP contribution in [0.25, 0.3) is 0 Å². The highest BCUT2D eigenvalue weighted by atomic mass is 16.6. The fourth-order valence-corrected chi connectivity index (χ4v) is 14.5. The van der Waals surface area contributed by atoms with Gasteiger partial charge in [0.1, 0.15) is 6.61 Å². The van der Waals surface area contributed by atoms with Gasteiger partial charge in [0.05, 0.1) is 0 Å². The summed E-state index contributed by atoms with van der Waals surface area (Å²) in [7, 11) is 0. The fourth-order valence-electron chi connectivity index (χ4n) is 14.5. The highest BCUT2D eigenvalue weighted by molar-refractivity contribution is 5.52. The number of unbranched alkanes of at least 4 members (excludes halogenated alkanes) is 81. The summed E-state index contributed by atoms with van der Waals surface area (Å²) in [5.74, 6) is 0. The van der Waals surface area contributed by atoms with Crippen molar-refractivity contribution in [3.05, 3.63) is 0 Å². The Bertz CT molecular complexity index is 1160. The lowest BCUT2D eigenvalue weighted by molar-refractivity contribution is 0.141. The Kier molecular flexibility index (Phi) is 91.1. The van der Waals surface area contributed by atoms with E-state index < -0.39 is 0 Å². The zero-order valence-corrected chi connectivity index (χ0v) is 62.1. The molecule has 0 amide bonds. The highest BCUT2D eigenvalue weighted by Crippen LogP contribution is 2.22. The van der Waals surface area contributed by atoms with Gasteiger partial charge in [0, 0.05) is 6.21 Å². The van der Waals surface area contributed by atoms with E-state index in [-0.39, 0.29) is 7.43 Å². The first-order valence-corrected chi connectivity index (χ1v) is 43.0. The molecule has 0 atom stereocenters. The van der Waals surface area contributed by atoms with Crippen LogP contribution in [0.2, 0.25) is 0 Å². The summed E-state index contributed by atoms with van der Waals surface area (Å²) < 4.78 is 0. The number of hydrogen-bond donors (Lipinski definition) is 0. The standard InChI is InChI=1S/C86H173NO.CH4/c1-3-5-6-7-8-9-10-11-12-13-14-15-16-17-18-19-20-21-22-23-24-25-26-27-28-29-30-31-32-33-34-35-36-37-38-39-40-41-42-43-44-45-46-47-48-49-50-51-52-53-54-55-56-57-58-59-60-61-62-63-64-65-66-67-68-69-70-71-72-73-74-75-76-77-78-79-80-81-82-83-84-85-86-88-87-4-2;/h4H,3,5-86H2,1-2H3;1H4/b87-4-;. The van der Waals surface area contributed by atoms with Crippen molar-refractivity contribution in [1.29, 1.82) is 0 Å². The van der Waals surface area contributed by atoms with Crippen molar-refractivity contribution in [1.82, 2.24) is 0 Å². The largest absolute Gasteiger partial charge is 0.396 e. The smallest absolute Gasteiger partial charge is 0.117 e. The number of hydrogen-bond acceptors (Lipinski definition) is 2. The first-order chi connectivity index (χ1) is 43.9. The number of rotatable bonds is 84. The average Bonchev–Trinajstić information content (AvgIpc) is 3.54. The lowest BCUT2D eigenvalue weighted by atomic mass is 10.0. The van der Waals surface area contributed by atoms with E-state index in [1.165, 1.54) is 520 Å². The first-order valence-electron chi connectivity index (χ1n) is 43.0. The molecule has 89 heavy (non-hydrogen) atoms. The fraction of sp³-hybridized carbons (Fsp3) is 0.989. The second-order valence-corrected chi connectivity index (χ2v) is 29.8. The summed E-state index contributed by atoms with van der Waals surface area (Å²) in [5.41, 5.74) is 0. The molecule has 0 saturated carbocycles. The SMILES string of the molecule is C.C/C=N\OCCCCCCCCCCCCCCCCCCCCCCCCCCCCCCCCCCCCCCCCCCCCCCCCCCCCCCCCCCCCCCCCCCCCCCCCCCCCCCCCCCCC. The van der Waals surface area contributed by atoms with Crippen LogP contribution in [-0.2, 0) is 4.84 Å². The van der Waals surface area contributed by atoms with E-state index >= 15 is 0 Å². The van der Waals surface area contributed by atoms with Crippen molar-refractivity contribution in [2.45, 2.75) is 548 Å². The van der Waals surface area contributed by atoms with Gasteiger partial charge in [-0.3, -0.25) is 0 Å². The molecule has 0 aliphatic carbocycles. The molecular formula is C87H177NO. The maximum Gasteiger partial charge on any atom is 0.117 e. The topological polar surface area (TPSA) is 21.6 Å². The van der Waals surface area contributed by atoms with Crippen LogP contribution in [0.5, 0.6) is 0 Å². The van der Waals surface area contributed by atoms with Gasteiger partial charge in [-0.15, -0.1) is 0 Å². The average molecular weight is 1250 g/mol. The molecule has 0 radical (unpaired) electrons. The molecule has 0 aromatic carbocycles. The Hall–Kier alpha value is -0.530. The Morgan fingerprint density at radius 1 is 0.157 bits per heavy atom. The third-order valence-electron chi connectivity index (χ3n) is 20.8. The van der Waals surface area contributed by atoms with Crippen molar-refractivity contribution in [3.8, 4) is 0 Å². The minimum Gasteiger partial charge on any atom is -0.396 e. The Morgan fingerprint density at radius 2 is 0.247 bits per heavy atom. The Labute approximate surface area is 567 Å². The molecule has 0 spiro atoms. The van der Waals surface area contributed by atoms with Crippen LogP contribution in [0.15, 0.2) is 5.16 Å².